The van der Waals surface area contributed by atoms with E-state index in [2.05, 4.69) is 34.2 Å². The van der Waals surface area contributed by atoms with Gasteiger partial charge in [-0.05, 0) is 24.5 Å². The number of aliphatic hydroxyl groups excluding tert-OH is 1. The van der Waals surface area contributed by atoms with Crippen molar-refractivity contribution in [2.45, 2.75) is 25.9 Å². The molecule has 0 aliphatic rings. The van der Waals surface area contributed by atoms with Crippen molar-refractivity contribution in [3.05, 3.63) is 34.3 Å². The summed E-state index contributed by atoms with van der Waals surface area (Å²) in [6.45, 7) is 4.80. The summed E-state index contributed by atoms with van der Waals surface area (Å²) in [6, 6.07) is 8.39. The quantitative estimate of drug-likeness (QED) is 0.754. The van der Waals surface area contributed by atoms with Crippen LogP contribution in [0.2, 0.25) is 0 Å². The van der Waals surface area contributed by atoms with Crippen LogP contribution in [-0.2, 0) is 0 Å². The van der Waals surface area contributed by atoms with E-state index in [1.54, 1.807) is 0 Å². The fourth-order valence-corrected chi connectivity index (χ4v) is 2.24. The molecule has 1 aromatic rings. The van der Waals surface area contributed by atoms with E-state index < -0.39 is 0 Å². The molecule has 0 radical (unpaired) electrons. The van der Waals surface area contributed by atoms with Crippen molar-refractivity contribution in [3.63, 3.8) is 0 Å². The first kappa shape index (κ1) is 14.6. The summed E-state index contributed by atoms with van der Waals surface area (Å²) in [5.41, 5.74) is 6.98. The third-order valence-corrected chi connectivity index (χ3v) is 3.84. The number of nitrogens with two attached hydrogens (primary N) is 1. The molecular formula is C13H21BrN2O. The summed E-state index contributed by atoms with van der Waals surface area (Å²) in [5, 5.41) is 12.6. The maximum atomic E-state index is 9.14. The van der Waals surface area contributed by atoms with Crippen molar-refractivity contribution < 1.29 is 5.11 Å². The van der Waals surface area contributed by atoms with Crippen LogP contribution in [0.25, 0.3) is 0 Å². The van der Waals surface area contributed by atoms with E-state index in [9.17, 15) is 0 Å². The zero-order valence-corrected chi connectivity index (χ0v) is 11.9. The van der Waals surface area contributed by atoms with Gasteiger partial charge in [0.05, 0.1) is 0 Å². The van der Waals surface area contributed by atoms with Crippen LogP contribution in [0.3, 0.4) is 0 Å². The Balaban J connectivity index is 2.76. The highest BCUT2D eigenvalue weighted by atomic mass is 79.9. The molecule has 1 rings (SSSR count). The van der Waals surface area contributed by atoms with Crippen molar-refractivity contribution in [2.24, 2.45) is 11.7 Å². The highest BCUT2D eigenvalue weighted by molar-refractivity contribution is 9.10. The van der Waals surface area contributed by atoms with Crippen LogP contribution in [0.1, 0.15) is 25.5 Å². The number of nitrogens with one attached hydrogen (secondary N) is 1. The normalized spacial score (nSPS) is 16.5. The standard InChI is InChI=1S/C13H21BrN2O/c1-9(8-17)10(2)16-13(7-15)11-5-3-4-6-12(11)14/h3-6,9-10,13,16-17H,7-8,15H2,1-2H3. The fraction of sp³-hybridized carbons (Fsp3) is 0.538. The summed E-state index contributed by atoms with van der Waals surface area (Å²) in [4.78, 5) is 0. The molecule has 4 N–H and O–H groups in total. The van der Waals surface area contributed by atoms with Gasteiger partial charge in [0.2, 0.25) is 0 Å². The molecule has 0 aliphatic carbocycles. The van der Waals surface area contributed by atoms with Gasteiger partial charge in [-0.15, -0.1) is 0 Å². The van der Waals surface area contributed by atoms with E-state index in [-0.39, 0.29) is 24.6 Å². The summed E-state index contributed by atoms with van der Waals surface area (Å²) in [6.07, 6.45) is 0. The molecule has 96 valence electrons. The molecule has 4 heteroatoms. The predicted octanol–water partition coefficient (Wildman–Crippen LogP) is 2.06. The zero-order chi connectivity index (χ0) is 12.8. The summed E-state index contributed by atoms with van der Waals surface area (Å²) in [7, 11) is 0. The Morgan fingerprint density at radius 3 is 2.53 bits per heavy atom. The second-order valence-electron chi connectivity index (χ2n) is 4.43. The van der Waals surface area contributed by atoms with Gasteiger partial charge in [0.25, 0.3) is 0 Å². The van der Waals surface area contributed by atoms with Gasteiger partial charge in [0, 0.05) is 29.7 Å². The zero-order valence-electron chi connectivity index (χ0n) is 10.4. The lowest BCUT2D eigenvalue weighted by molar-refractivity contribution is 0.201. The van der Waals surface area contributed by atoms with E-state index in [1.807, 2.05) is 25.1 Å². The van der Waals surface area contributed by atoms with Crippen LogP contribution >= 0.6 is 15.9 Å². The van der Waals surface area contributed by atoms with Gasteiger partial charge in [-0.25, -0.2) is 0 Å². The number of hydrogen-bond donors (Lipinski definition) is 3. The molecule has 0 saturated carbocycles. The first-order valence-electron chi connectivity index (χ1n) is 5.91. The molecule has 0 saturated heterocycles. The van der Waals surface area contributed by atoms with Gasteiger partial charge in [0.15, 0.2) is 0 Å². The average Bonchev–Trinajstić information content (AvgIpc) is 2.35. The highest BCUT2D eigenvalue weighted by Gasteiger charge is 2.18. The van der Waals surface area contributed by atoms with E-state index >= 15 is 0 Å². The molecule has 0 fully saturated rings. The van der Waals surface area contributed by atoms with Gasteiger partial charge >= 0.3 is 0 Å². The van der Waals surface area contributed by atoms with Crippen LogP contribution < -0.4 is 11.1 Å². The maximum Gasteiger partial charge on any atom is 0.0471 e. The number of halogens is 1. The summed E-state index contributed by atoms with van der Waals surface area (Å²) < 4.78 is 1.06. The van der Waals surface area contributed by atoms with Gasteiger partial charge in [-0.3, -0.25) is 0 Å². The fourth-order valence-electron chi connectivity index (χ4n) is 1.68. The SMILES string of the molecule is CC(CO)C(C)NC(CN)c1ccccc1Br. The molecule has 1 aromatic carbocycles. The molecular weight excluding hydrogens is 280 g/mol. The Kier molecular flexibility index (Phi) is 6.12. The first-order chi connectivity index (χ1) is 8.10. The van der Waals surface area contributed by atoms with Crippen LogP contribution in [0, 0.1) is 5.92 Å². The molecule has 0 aliphatic heterocycles. The molecule has 3 unspecified atom stereocenters. The Bertz CT molecular complexity index is 346. The van der Waals surface area contributed by atoms with E-state index in [0.717, 1.165) is 10.0 Å². The van der Waals surface area contributed by atoms with Crippen molar-refractivity contribution in [1.82, 2.24) is 5.32 Å². The minimum absolute atomic E-state index is 0.106. The topological polar surface area (TPSA) is 58.3 Å². The van der Waals surface area contributed by atoms with E-state index in [1.165, 1.54) is 0 Å². The lowest BCUT2D eigenvalue weighted by atomic mass is 10.0. The largest absolute Gasteiger partial charge is 0.396 e. The van der Waals surface area contributed by atoms with E-state index in [0.29, 0.717) is 6.54 Å². The lowest BCUT2D eigenvalue weighted by Crippen LogP contribution is -2.39. The minimum atomic E-state index is 0.106. The van der Waals surface area contributed by atoms with E-state index in [4.69, 9.17) is 10.8 Å². The molecule has 0 aromatic heterocycles. The van der Waals surface area contributed by atoms with Crippen LogP contribution in [-0.4, -0.2) is 24.3 Å². The Morgan fingerprint density at radius 2 is 2.00 bits per heavy atom. The van der Waals surface area contributed by atoms with Crippen molar-refractivity contribution in [3.8, 4) is 0 Å². The first-order valence-corrected chi connectivity index (χ1v) is 6.70. The smallest absolute Gasteiger partial charge is 0.0471 e. The molecule has 0 heterocycles. The predicted molar refractivity (Wildman–Crippen MR) is 74.8 cm³/mol. The van der Waals surface area contributed by atoms with Crippen LogP contribution in [0.4, 0.5) is 0 Å². The Morgan fingerprint density at radius 1 is 1.35 bits per heavy atom. The average molecular weight is 301 g/mol. The van der Waals surface area contributed by atoms with Crippen LogP contribution in [0.15, 0.2) is 28.7 Å². The van der Waals surface area contributed by atoms with Crippen molar-refractivity contribution >= 4 is 15.9 Å². The van der Waals surface area contributed by atoms with Crippen molar-refractivity contribution in [2.75, 3.05) is 13.2 Å². The molecule has 0 amide bonds. The van der Waals surface area contributed by atoms with Gasteiger partial charge < -0.3 is 16.2 Å². The summed E-state index contributed by atoms with van der Waals surface area (Å²) in [5.74, 6) is 0.214. The molecule has 3 atom stereocenters. The lowest BCUT2D eigenvalue weighted by Gasteiger charge is -2.26. The number of hydrogen-bond acceptors (Lipinski definition) is 3. The summed E-state index contributed by atoms with van der Waals surface area (Å²) >= 11 is 3.54. The monoisotopic (exact) mass is 300 g/mol. The Labute approximate surface area is 112 Å². The number of benzene rings is 1. The minimum Gasteiger partial charge on any atom is -0.396 e. The number of rotatable bonds is 6. The van der Waals surface area contributed by atoms with Crippen molar-refractivity contribution in [1.29, 1.82) is 0 Å². The number of aliphatic hydroxyl groups is 1. The van der Waals surface area contributed by atoms with Crippen LogP contribution in [0.5, 0.6) is 0 Å². The van der Waals surface area contributed by atoms with Gasteiger partial charge in [0.1, 0.15) is 0 Å². The molecule has 0 bridgehead atoms. The maximum absolute atomic E-state index is 9.14. The third-order valence-electron chi connectivity index (χ3n) is 3.12. The molecule has 3 nitrogen and oxygen atoms in total. The third kappa shape index (κ3) is 4.07. The Hall–Kier alpha value is -0.420. The highest BCUT2D eigenvalue weighted by Crippen LogP contribution is 2.23. The molecule has 17 heavy (non-hydrogen) atoms. The second-order valence-corrected chi connectivity index (χ2v) is 5.28. The van der Waals surface area contributed by atoms with Gasteiger partial charge in [-0.1, -0.05) is 41.1 Å². The molecule has 0 spiro atoms. The second kappa shape index (κ2) is 7.11. The van der Waals surface area contributed by atoms with Gasteiger partial charge in [-0.2, -0.15) is 0 Å².